The third-order valence-electron chi connectivity index (χ3n) is 2.93. The average molecular weight is 337 g/mol. The molecule has 0 bridgehead atoms. The van der Waals surface area contributed by atoms with E-state index < -0.39 is 17.2 Å². The summed E-state index contributed by atoms with van der Waals surface area (Å²) >= 11 is 3.17. The number of rotatable bonds is 2. The molecule has 1 atom stereocenters. The number of fused-ring (bicyclic) bond motifs is 1. The van der Waals surface area contributed by atoms with Gasteiger partial charge in [-0.3, -0.25) is 9.59 Å². The van der Waals surface area contributed by atoms with E-state index in [0.717, 1.165) is 0 Å². The maximum absolute atomic E-state index is 11.3. The number of benzene rings is 1. The Balaban J connectivity index is 2.11. The van der Waals surface area contributed by atoms with Crippen molar-refractivity contribution in [2.24, 2.45) is 0 Å². The molecule has 0 aliphatic carbocycles. The van der Waals surface area contributed by atoms with Crippen LogP contribution in [0.25, 0.3) is 11.0 Å². The van der Waals surface area contributed by atoms with E-state index in [1.165, 1.54) is 0 Å². The first-order chi connectivity index (χ1) is 9.54. The molecule has 2 heterocycles. The monoisotopic (exact) mass is 336 g/mol. The van der Waals surface area contributed by atoms with Gasteiger partial charge in [0.15, 0.2) is 4.67 Å². The van der Waals surface area contributed by atoms with E-state index in [2.05, 4.69) is 25.9 Å². The molecular weight excluding hydrogens is 328 g/mol. The van der Waals surface area contributed by atoms with Crippen LogP contribution in [-0.4, -0.2) is 15.1 Å². The number of nitrogens with one attached hydrogen (secondary N) is 2. The fourth-order valence-corrected chi connectivity index (χ4v) is 2.26. The van der Waals surface area contributed by atoms with Crippen molar-refractivity contribution in [3.8, 4) is 0 Å². The fraction of sp³-hybridized carbons (Fsp3) is 0.0769. The van der Waals surface area contributed by atoms with Gasteiger partial charge in [-0.25, -0.2) is 0 Å². The van der Waals surface area contributed by atoms with Gasteiger partial charge in [0.05, 0.1) is 11.0 Å². The van der Waals surface area contributed by atoms with E-state index in [-0.39, 0.29) is 0 Å². The zero-order valence-electron chi connectivity index (χ0n) is 10.0. The number of halogens is 1. The normalized spacial score (nSPS) is 12.7. The molecule has 1 aromatic carbocycles. The molecule has 3 rings (SSSR count). The lowest BCUT2D eigenvalue weighted by molar-refractivity contribution is 0.188. The quantitative estimate of drug-likeness (QED) is 0.619. The van der Waals surface area contributed by atoms with Gasteiger partial charge in [-0.2, -0.15) is 0 Å². The molecular formula is C13H9BrN2O4. The van der Waals surface area contributed by atoms with Crippen LogP contribution in [0.4, 0.5) is 0 Å². The predicted octanol–water partition coefficient (Wildman–Crippen LogP) is 1.65. The first-order valence-electron chi connectivity index (χ1n) is 5.74. The molecule has 0 amide bonds. The second kappa shape index (κ2) is 4.77. The summed E-state index contributed by atoms with van der Waals surface area (Å²) in [6, 6.07) is 8.18. The van der Waals surface area contributed by atoms with Gasteiger partial charge in [-0.15, -0.1) is 0 Å². The van der Waals surface area contributed by atoms with Crippen LogP contribution < -0.4 is 11.1 Å². The molecule has 2 aromatic heterocycles. The summed E-state index contributed by atoms with van der Waals surface area (Å²) in [5.74, 6) is 0.378. The molecule has 0 fully saturated rings. The highest BCUT2D eigenvalue weighted by Gasteiger charge is 2.15. The Hall–Kier alpha value is -2.12. The van der Waals surface area contributed by atoms with Crippen molar-refractivity contribution >= 4 is 27.0 Å². The largest absolute Gasteiger partial charge is 0.451 e. The minimum atomic E-state index is -0.957. The topological polar surface area (TPSA) is 99.1 Å². The Kier molecular flexibility index (Phi) is 3.07. The van der Waals surface area contributed by atoms with Crippen LogP contribution in [0.3, 0.4) is 0 Å². The predicted molar refractivity (Wildman–Crippen MR) is 75.7 cm³/mol. The zero-order valence-corrected chi connectivity index (χ0v) is 11.6. The van der Waals surface area contributed by atoms with E-state index in [9.17, 15) is 14.7 Å². The van der Waals surface area contributed by atoms with E-state index in [4.69, 9.17) is 4.42 Å². The molecule has 0 spiro atoms. The highest BCUT2D eigenvalue weighted by molar-refractivity contribution is 9.10. The lowest BCUT2D eigenvalue weighted by Gasteiger charge is -2.09. The molecule has 20 heavy (non-hydrogen) atoms. The number of aliphatic hydroxyl groups excluding tert-OH is 1. The second-order valence-electron chi connectivity index (χ2n) is 4.26. The molecule has 1 unspecified atom stereocenters. The first kappa shape index (κ1) is 12.9. The lowest BCUT2D eigenvalue weighted by atomic mass is 10.1. The van der Waals surface area contributed by atoms with Gasteiger partial charge >= 0.3 is 11.1 Å². The number of furan rings is 1. The van der Waals surface area contributed by atoms with E-state index in [0.29, 0.717) is 27.0 Å². The Morgan fingerprint density at radius 1 is 1.05 bits per heavy atom. The molecule has 0 saturated carbocycles. The summed E-state index contributed by atoms with van der Waals surface area (Å²) in [7, 11) is 0. The van der Waals surface area contributed by atoms with Crippen LogP contribution in [0.1, 0.15) is 17.4 Å². The molecule has 0 radical (unpaired) electrons. The number of aromatic nitrogens is 2. The van der Waals surface area contributed by atoms with Crippen LogP contribution in [0.15, 0.2) is 49.0 Å². The number of hydrogen-bond acceptors (Lipinski definition) is 4. The standard InChI is InChI=1S/C13H9BrN2O4/c14-10-4-3-9(20-10)11(17)6-1-2-7-8(5-6)16-13(19)12(18)15-7/h1-5,11,17H,(H,15,18)(H,16,19). The van der Waals surface area contributed by atoms with Gasteiger partial charge in [0.1, 0.15) is 11.9 Å². The summed E-state index contributed by atoms with van der Waals surface area (Å²) in [4.78, 5) is 27.4. The van der Waals surface area contributed by atoms with Crippen molar-refractivity contribution in [3.63, 3.8) is 0 Å². The van der Waals surface area contributed by atoms with Crippen LogP contribution in [0.5, 0.6) is 0 Å². The molecule has 0 saturated heterocycles. The second-order valence-corrected chi connectivity index (χ2v) is 5.04. The molecule has 102 valence electrons. The highest BCUT2D eigenvalue weighted by Crippen LogP contribution is 2.26. The van der Waals surface area contributed by atoms with E-state index in [1.54, 1.807) is 30.3 Å². The molecule has 6 nitrogen and oxygen atoms in total. The van der Waals surface area contributed by atoms with E-state index in [1.807, 2.05) is 0 Å². The van der Waals surface area contributed by atoms with Gasteiger partial charge in [0.25, 0.3) is 0 Å². The molecule has 0 aliphatic rings. The summed E-state index contributed by atoms with van der Waals surface area (Å²) in [6.07, 6.45) is -0.957. The number of aromatic amines is 2. The Labute approximate surface area is 120 Å². The fourth-order valence-electron chi connectivity index (χ4n) is 1.94. The smallest absolute Gasteiger partial charge is 0.314 e. The number of aliphatic hydroxyl groups is 1. The first-order valence-corrected chi connectivity index (χ1v) is 6.53. The lowest BCUT2D eigenvalue weighted by Crippen LogP contribution is -2.28. The van der Waals surface area contributed by atoms with Gasteiger partial charge in [-0.1, -0.05) is 6.07 Å². The maximum Gasteiger partial charge on any atom is 0.314 e. The minimum absolute atomic E-state index is 0.378. The van der Waals surface area contributed by atoms with Gasteiger partial charge in [-0.05, 0) is 45.8 Å². The van der Waals surface area contributed by atoms with Crippen molar-refractivity contribution in [2.75, 3.05) is 0 Å². The number of H-pyrrole nitrogens is 2. The summed E-state index contributed by atoms with van der Waals surface area (Å²) in [5, 5.41) is 10.2. The van der Waals surface area contributed by atoms with Crippen LogP contribution in [-0.2, 0) is 0 Å². The minimum Gasteiger partial charge on any atom is -0.451 e. The van der Waals surface area contributed by atoms with Crippen molar-refractivity contribution in [1.82, 2.24) is 9.97 Å². The molecule has 0 aliphatic heterocycles. The van der Waals surface area contributed by atoms with Crippen molar-refractivity contribution in [1.29, 1.82) is 0 Å². The summed E-state index contributed by atoms with van der Waals surface area (Å²) in [5.41, 5.74) is 0.0376. The Bertz CT molecular complexity index is 893. The average Bonchev–Trinajstić information content (AvgIpc) is 2.85. The van der Waals surface area contributed by atoms with Crippen LogP contribution in [0.2, 0.25) is 0 Å². The molecule has 3 aromatic rings. The highest BCUT2D eigenvalue weighted by atomic mass is 79.9. The van der Waals surface area contributed by atoms with Crippen molar-refractivity contribution in [2.45, 2.75) is 6.10 Å². The number of hydrogen-bond donors (Lipinski definition) is 3. The summed E-state index contributed by atoms with van der Waals surface area (Å²) in [6.45, 7) is 0. The van der Waals surface area contributed by atoms with Gasteiger partial charge in [0, 0.05) is 0 Å². The maximum atomic E-state index is 11.3. The van der Waals surface area contributed by atoms with E-state index >= 15 is 0 Å². The van der Waals surface area contributed by atoms with Crippen molar-refractivity contribution in [3.05, 3.63) is 67.0 Å². The summed E-state index contributed by atoms with van der Waals surface area (Å²) < 4.78 is 5.81. The van der Waals surface area contributed by atoms with Crippen molar-refractivity contribution < 1.29 is 9.52 Å². The molecule has 7 heteroatoms. The van der Waals surface area contributed by atoms with Crippen LogP contribution >= 0.6 is 15.9 Å². The third-order valence-corrected chi connectivity index (χ3v) is 3.35. The Morgan fingerprint density at radius 2 is 1.75 bits per heavy atom. The SMILES string of the molecule is O=c1[nH]c2ccc(C(O)c3ccc(Br)o3)cc2[nH]c1=O. The van der Waals surface area contributed by atoms with Gasteiger partial charge < -0.3 is 19.5 Å². The van der Waals surface area contributed by atoms with Gasteiger partial charge in [0.2, 0.25) is 0 Å². The van der Waals surface area contributed by atoms with Crippen LogP contribution in [0, 0.1) is 0 Å². The molecule has 3 N–H and O–H groups in total. The zero-order chi connectivity index (χ0) is 14.3. The third kappa shape index (κ3) is 2.21. The Morgan fingerprint density at radius 3 is 2.40 bits per heavy atom.